The average Bonchev–Trinajstić information content (AvgIpc) is 2.46. The number of hydrogen-bond donors (Lipinski definition) is 1. The van der Waals surface area contributed by atoms with E-state index in [1.165, 1.54) is 0 Å². The molecule has 2 aliphatic rings. The summed E-state index contributed by atoms with van der Waals surface area (Å²) in [4.78, 5) is 27.0. The van der Waals surface area contributed by atoms with Crippen LogP contribution < -0.4 is 0 Å². The highest BCUT2D eigenvalue weighted by Crippen LogP contribution is 2.22. The number of ether oxygens (including phenoxy) is 1. The van der Waals surface area contributed by atoms with E-state index in [1.54, 1.807) is 23.8 Å². The fraction of sp³-hybridized carbons (Fsp3) is 0.846. The minimum absolute atomic E-state index is 0.00824. The molecule has 20 heavy (non-hydrogen) atoms. The van der Waals surface area contributed by atoms with Crippen LogP contribution in [0.2, 0.25) is 0 Å². The van der Waals surface area contributed by atoms with E-state index in [2.05, 4.69) is 0 Å². The number of piperidine rings is 1. The highest BCUT2D eigenvalue weighted by Gasteiger charge is 2.33. The van der Waals surface area contributed by atoms with Crippen molar-refractivity contribution in [1.82, 2.24) is 9.80 Å². The van der Waals surface area contributed by atoms with Gasteiger partial charge in [0.15, 0.2) is 0 Å². The number of urea groups is 1. The Bertz CT molecular complexity index is 358. The number of aliphatic carboxylic acids is 1. The van der Waals surface area contributed by atoms with Crippen molar-refractivity contribution in [3.63, 3.8) is 0 Å². The molecule has 0 aromatic rings. The van der Waals surface area contributed by atoms with Crippen LogP contribution in [0.4, 0.5) is 4.79 Å². The summed E-state index contributed by atoms with van der Waals surface area (Å²) in [6.45, 7) is 2.03. The zero-order valence-electron chi connectivity index (χ0n) is 11.8. The maximum absolute atomic E-state index is 12.5. The third-order valence-corrected chi connectivity index (χ3v) is 5.02. The Kier molecular flexibility index (Phi) is 5.54. The first kappa shape index (κ1) is 15.4. The molecule has 1 N–H and O–H groups in total. The van der Waals surface area contributed by atoms with Crippen LogP contribution in [0.1, 0.15) is 19.3 Å². The Hall–Kier alpha value is -0.950. The third kappa shape index (κ3) is 3.79. The summed E-state index contributed by atoms with van der Waals surface area (Å²) in [5, 5.41) is 8.96. The van der Waals surface area contributed by atoms with Gasteiger partial charge in [0.1, 0.15) is 0 Å². The SMILES string of the molecule is COC1CCN(C(=O)N2CCSCC2CC(=O)O)CC1. The molecule has 7 heteroatoms. The smallest absolute Gasteiger partial charge is 0.320 e. The van der Waals surface area contributed by atoms with Crippen molar-refractivity contribution in [2.24, 2.45) is 0 Å². The molecule has 0 saturated carbocycles. The zero-order chi connectivity index (χ0) is 14.5. The van der Waals surface area contributed by atoms with E-state index in [4.69, 9.17) is 9.84 Å². The van der Waals surface area contributed by atoms with Gasteiger partial charge in [-0.1, -0.05) is 0 Å². The predicted molar refractivity (Wildman–Crippen MR) is 77.1 cm³/mol. The first-order valence-corrected chi connectivity index (χ1v) is 8.15. The molecule has 6 nitrogen and oxygen atoms in total. The third-order valence-electron chi connectivity index (χ3n) is 3.93. The quantitative estimate of drug-likeness (QED) is 0.845. The van der Waals surface area contributed by atoms with Crippen LogP contribution in [0.15, 0.2) is 0 Å². The molecule has 0 radical (unpaired) electrons. The van der Waals surface area contributed by atoms with Crippen molar-refractivity contribution in [3.05, 3.63) is 0 Å². The fourth-order valence-corrected chi connectivity index (χ4v) is 3.80. The van der Waals surface area contributed by atoms with Gasteiger partial charge in [0.05, 0.1) is 18.6 Å². The first-order chi connectivity index (χ1) is 9.61. The van der Waals surface area contributed by atoms with E-state index in [-0.39, 0.29) is 24.6 Å². The van der Waals surface area contributed by atoms with E-state index in [0.717, 1.165) is 18.6 Å². The molecule has 2 rings (SSSR count). The molecule has 2 saturated heterocycles. The van der Waals surface area contributed by atoms with Crippen molar-refractivity contribution in [2.45, 2.75) is 31.4 Å². The number of amides is 2. The fourth-order valence-electron chi connectivity index (χ4n) is 2.74. The van der Waals surface area contributed by atoms with Gasteiger partial charge in [-0.3, -0.25) is 4.79 Å². The number of nitrogens with zero attached hydrogens (tertiary/aromatic N) is 2. The molecule has 2 fully saturated rings. The van der Waals surface area contributed by atoms with Crippen molar-refractivity contribution in [3.8, 4) is 0 Å². The van der Waals surface area contributed by atoms with Gasteiger partial charge in [0.25, 0.3) is 0 Å². The topological polar surface area (TPSA) is 70.1 Å². The second kappa shape index (κ2) is 7.17. The minimum atomic E-state index is -0.839. The van der Waals surface area contributed by atoms with Crippen LogP contribution in [0, 0.1) is 0 Å². The van der Waals surface area contributed by atoms with Crippen molar-refractivity contribution in [1.29, 1.82) is 0 Å². The lowest BCUT2D eigenvalue weighted by atomic mass is 10.1. The molecule has 0 aliphatic carbocycles. The second-order valence-electron chi connectivity index (χ2n) is 5.22. The molecule has 2 heterocycles. The van der Waals surface area contributed by atoms with E-state index in [0.29, 0.717) is 25.4 Å². The largest absolute Gasteiger partial charge is 0.481 e. The number of carbonyl (C=O) groups is 2. The summed E-state index contributed by atoms with van der Waals surface area (Å²) in [6.07, 6.45) is 1.99. The van der Waals surface area contributed by atoms with Gasteiger partial charge in [-0.15, -0.1) is 0 Å². The highest BCUT2D eigenvalue weighted by atomic mass is 32.2. The zero-order valence-corrected chi connectivity index (χ0v) is 12.6. The second-order valence-corrected chi connectivity index (χ2v) is 6.37. The molecule has 0 spiro atoms. The van der Waals surface area contributed by atoms with Gasteiger partial charge in [-0.25, -0.2) is 4.79 Å². The van der Waals surface area contributed by atoms with Gasteiger partial charge in [0, 0.05) is 38.2 Å². The molecule has 0 aromatic carbocycles. The van der Waals surface area contributed by atoms with Gasteiger partial charge in [0.2, 0.25) is 0 Å². The molecule has 2 amide bonds. The van der Waals surface area contributed by atoms with Crippen LogP contribution in [0.5, 0.6) is 0 Å². The first-order valence-electron chi connectivity index (χ1n) is 6.99. The normalized spacial score (nSPS) is 24.8. The number of rotatable bonds is 3. The molecule has 0 bridgehead atoms. The van der Waals surface area contributed by atoms with E-state index < -0.39 is 5.97 Å². The van der Waals surface area contributed by atoms with Gasteiger partial charge < -0.3 is 19.6 Å². The number of carboxylic acids is 1. The molecule has 1 atom stereocenters. The number of thioether (sulfide) groups is 1. The number of carboxylic acid groups (broad SMARTS) is 1. The number of likely N-dealkylation sites (tertiary alicyclic amines) is 1. The van der Waals surface area contributed by atoms with Crippen LogP contribution >= 0.6 is 11.8 Å². The summed E-state index contributed by atoms with van der Waals surface area (Å²) in [5.74, 6) is 0.761. The Balaban J connectivity index is 1.94. The number of methoxy groups -OCH3 is 1. The molecular weight excluding hydrogens is 280 g/mol. The number of hydrogen-bond acceptors (Lipinski definition) is 4. The lowest BCUT2D eigenvalue weighted by Crippen LogP contribution is -2.54. The molecule has 1 unspecified atom stereocenters. The lowest BCUT2D eigenvalue weighted by Gasteiger charge is -2.40. The monoisotopic (exact) mass is 302 g/mol. The minimum Gasteiger partial charge on any atom is -0.481 e. The molecule has 0 aromatic heterocycles. The van der Waals surface area contributed by atoms with Crippen molar-refractivity contribution < 1.29 is 19.4 Å². The van der Waals surface area contributed by atoms with E-state index >= 15 is 0 Å². The Labute approximate surface area is 123 Å². The number of carbonyl (C=O) groups excluding carboxylic acids is 1. The Morgan fingerprint density at radius 1 is 1.30 bits per heavy atom. The molecular formula is C13H22N2O4S. The lowest BCUT2D eigenvalue weighted by molar-refractivity contribution is -0.138. The predicted octanol–water partition coefficient (Wildman–Crippen LogP) is 1.11. The molecule has 114 valence electrons. The standard InChI is InChI=1S/C13H22N2O4S/c1-19-11-2-4-14(5-3-11)13(18)15-6-7-20-9-10(15)8-12(16)17/h10-11H,2-9H2,1H3,(H,16,17). The Morgan fingerprint density at radius 2 is 2.00 bits per heavy atom. The summed E-state index contributed by atoms with van der Waals surface area (Å²) < 4.78 is 5.31. The maximum atomic E-state index is 12.5. The van der Waals surface area contributed by atoms with Gasteiger partial charge in [-0.05, 0) is 12.8 Å². The van der Waals surface area contributed by atoms with Gasteiger partial charge in [-0.2, -0.15) is 11.8 Å². The van der Waals surface area contributed by atoms with E-state index in [9.17, 15) is 9.59 Å². The summed E-state index contributed by atoms with van der Waals surface area (Å²) in [7, 11) is 1.70. The summed E-state index contributed by atoms with van der Waals surface area (Å²) in [5.41, 5.74) is 0. The maximum Gasteiger partial charge on any atom is 0.320 e. The highest BCUT2D eigenvalue weighted by molar-refractivity contribution is 7.99. The van der Waals surface area contributed by atoms with Crippen LogP contribution in [0.3, 0.4) is 0 Å². The van der Waals surface area contributed by atoms with Crippen LogP contribution in [-0.2, 0) is 9.53 Å². The Morgan fingerprint density at radius 3 is 2.60 bits per heavy atom. The van der Waals surface area contributed by atoms with Crippen molar-refractivity contribution >= 4 is 23.8 Å². The van der Waals surface area contributed by atoms with Gasteiger partial charge >= 0.3 is 12.0 Å². The molecule has 2 aliphatic heterocycles. The van der Waals surface area contributed by atoms with Crippen LogP contribution in [0.25, 0.3) is 0 Å². The van der Waals surface area contributed by atoms with Crippen LogP contribution in [-0.4, -0.2) is 77.3 Å². The summed E-state index contributed by atoms with van der Waals surface area (Å²) in [6, 6.07) is -0.190. The van der Waals surface area contributed by atoms with E-state index in [1.807, 2.05) is 4.90 Å². The average molecular weight is 302 g/mol. The summed E-state index contributed by atoms with van der Waals surface area (Å²) >= 11 is 1.72. The van der Waals surface area contributed by atoms with Crippen molar-refractivity contribution in [2.75, 3.05) is 38.2 Å².